The van der Waals surface area contributed by atoms with E-state index in [4.69, 9.17) is 0 Å². The highest BCUT2D eigenvalue weighted by Crippen LogP contribution is 2.07. The summed E-state index contributed by atoms with van der Waals surface area (Å²) in [4.78, 5) is 11.5. The molecule has 1 amide bonds. The first-order valence-electron chi connectivity index (χ1n) is 5.92. The molecular weight excluding hydrogens is 188 g/mol. The molecule has 86 valence electrons. The first kappa shape index (κ1) is 12.2. The molecule has 1 aliphatic heterocycles. The van der Waals surface area contributed by atoms with E-state index in [1.54, 1.807) is 0 Å². The molecule has 0 aromatic heterocycles. The van der Waals surface area contributed by atoms with Gasteiger partial charge in [-0.3, -0.25) is 4.79 Å². The summed E-state index contributed by atoms with van der Waals surface area (Å²) in [6.07, 6.45) is 6.45. The molecule has 3 heteroatoms. The topological polar surface area (TPSA) is 41.1 Å². The number of carbonyl (C=O) groups excluding carboxylic acids is 1. The minimum Gasteiger partial charge on any atom is -0.352 e. The Morgan fingerprint density at radius 1 is 1.60 bits per heavy atom. The lowest BCUT2D eigenvalue weighted by molar-refractivity contribution is -0.117. The van der Waals surface area contributed by atoms with E-state index in [9.17, 15) is 4.79 Å². The molecule has 1 unspecified atom stereocenters. The Bertz CT molecular complexity index is 230. The highest BCUT2D eigenvalue weighted by molar-refractivity contribution is 5.92. The molecule has 0 spiro atoms. The maximum absolute atomic E-state index is 11.5. The molecule has 2 N–H and O–H groups in total. The highest BCUT2D eigenvalue weighted by Gasteiger charge is 2.13. The third-order valence-electron chi connectivity index (χ3n) is 2.81. The van der Waals surface area contributed by atoms with Crippen molar-refractivity contribution >= 4 is 5.91 Å². The van der Waals surface area contributed by atoms with Gasteiger partial charge < -0.3 is 10.6 Å². The number of rotatable bonds is 5. The van der Waals surface area contributed by atoms with Gasteiger partial charge in [-0.1, -0.05) is 13.0 Å². The van der Waals surface area contributed by atoms with E-state index in [2.05, 4.69) is 10.6 Å². The van der Waals surface area contributed by atoms with Crippen molar-refractivity contribution in [3.05, 3.63) is 11.6 Å². The second-order valence-electron chi connectivity index (χ2n) is 4.13. The molecule has 1 heterocycles. The summed E-state index contributed by atoms with van der Waals surface area (Å²) >= 11 is 0. The number of hydrogen-bond acceptors (Lipinski definition) is 2. The largest absolute Gasteiger partial charge is 0.352 e. The van der Waals surface area contributed by atoms with Crippen molar-refractivity contribution in [3.8, 4) is 0 Å². The van der Waals surface area contributed by atoms with E-state index in [-0.39, 0.29) is 5.91 Å². The van der Waals surface area contributed by atoms with E-state index in [0.717, 1.165) is 31.5 Å². The van der Waals surface area contributed by atoms with Crippen LogP contribution in [0, 0.1) is 0 Å². The molecule has 1 atom stereocenters. The van der Waals surface area contributed by atoms with Crippen LogP contribution in [-0.2, 0) is 4.79 Å². The first-order chi connectivity index (χ1) is 7.24. The fourth-order valence-electron chi connectivity index (χ4n) is 1.90. The van der Waals surface area contributed by atoms with Crippen LogP contribution in [0.4, 0.5) is 0 Å². The van der Waals surface area contributed by atoms with Gasteiger partial charge in [-0.2, -0.15) is 0 Å². The third-order valence-corrected chi connectivity index (χ3v) is 2.81. The summed E-state index contributed by atoms with van der Waals surface area (Å²) in [6, 6.07) is 0.612. The minimum absolute atomic E-state index is 0.0786. The van der Waals surface area contributed by atoms with Crippen LogP contribution in [-0.4, -0.2) is 25.0 Å². The molecule has 0 aliphatic carbocycles. The average molecular weight is 210 g/mol. The number of hydrogen-bond donors (Lipinski definition) is 2. The molecule has 0 radical (unpaired) electrons. The monoisotopic (exact) mass is 210 g/mol. The van der Waals surface area contributed by atoms with Gasteiger partial charge in [0.1, 0.15) is 0 Å². The van der Waals surface area contributed by atoms with Gasteiger partial charge in [-0.15, -0.1) is 0 Å². The molecular formula is C12H22N2O. The van der Waals surface area contributed by atoms with Crippen molar-refractivity contribution in [1.29, 1.82) is 0 Å². The van der Waals surface area contributed by atoms with E-state index in [1.165, 1.54) is 12.8 Å². The second-order valence-corrected chi connectivity index (χ2v) is 4.13. The lowest BCUT2D eigenvalue weighted by atomic mass is 10.1. The Labute approximate surface area is 92.3 Å². The zero-order valence-corrected chi connectivity index (χ0v) is 9.81. The molecule has 1 aliphatic rings. The van der Waals surface area contributed by atoms with Crippen molar-refractivity contribution in [2.24, 2.45) is 0 Å². The molecule has 0 aromatic rings. The van der Waals surface area contributed by atoms with Crippen LogP contribution in [0.2, 0.25) is 0 Å². The standard InChI is InChI=1S/C12H22N2O/c1-3-5-10(2)12(15)14-9-7-11-6-4-8-13-11/h5,11,13H,3-4,6-9H2,1-2H3,(H,14,15)/b10-5-. The summed E-state index contributed by atoms with van der Waals surface area (Å²) in [6.45, 7) is 5.82. The lowest BCUT2D eigenvalue weighted by Crippen LogP contribution is -2.30. The van der Waals surface area contributed by atoms with E-state index in [1.807, 2.05) is 19.9 Å². The van der Waals surface area contributed by atoms with Gasteiger partial charge in [0.15, 0.2) is 0 Å². The van der Waals surface area contributed by atoms with Crippen molar-refractivity contribution in [2.45, 2.75) is 45.6 Å². The Morgan fingerprint density at radius 2 is 2.40 bits per heavy atom. The Kier molecular flexibility index (Phi) is 5.40. The fourth-order valence-corrected chi connectivity index (χ4v) is 1.90. The Hall–Kier alpha value is -0.830. The van der Waals surface area contributed by atoms with Crippen LogP contribution in [0.25, 0.3) is 0 Å². The van der Waals surface area contributed by atoms with Crippen LogP contribution in [0.3, 0.4) is 0 Å². The first-order valence-corrected chi connectivity index (χ1v) is 5.92. The number of amides is 1. The molecule has 1 fully saturated rings. The number of nitrogens with one attached hydrogen (secondary N) is 2. The molecule has 3 nitrogen and oxygen atoms in total. The fraction of sp³-hybridized carbons (Fsp3) is 0.750. The second kappa shape index (κ2) is 6.62. The number of carbonyl (C=O) groups is 1. The van der Waals surface area contributed by atoms with E-state index < -0.39 is 0 Å². The minimum atomic E-state index is 0.0786. The Morgan fingerprint density at radius 3 is 3.00 bits per heavy atom. The van der Waals surface area contributed by atoms with Gasteiger partial charge in [0.25, 0.3) is 0 Å². The van der Waals surface area contributed by atoms with Gasteiger partial charge in [0.2, 0.25) is 5.91 Å². The maximum atomic E-state index is 11.5. The molecule has 1 rings (SSSR count). The zero-order chi connectivity index (χ0) is 11.1. The quantitative estimate of drug-likeness (QED) is 0.677. The SMILES string of the molecule is CC/C=C(/C)C(=O)NCCC1CCCN1. The average Bonchev–Trinajstić information content (AvgIpc) is 2.71. The van der Waals surface area contributed by atoms with Crippen LogP contribution in [0.5, 0.6) is 0 Å². The van der Waals surface area contributed by atoms with Gasteiger partial charge in [-0.05, 0) is 39.2 Å². The molecule has 0 bridgehead atoms. The summed E-state index contributed by atoms with van der Waals surface area (Å²) in [5, 5.41) is 6.37. The van der Waals surface area contributed by atoms with Crippen LogP contribution in [0.1, 0.15) is 39.5 Å². The normalized spacial score (nSPS) is 21.7. The highest BCUT2D eigenvalue weighted by atomic mass is 16.1. The summed E-state index contributed by atoms with van der Waals surface area (Å²) < 4.78 is 0. The summed E-state index contributed by atoms with van der Waals surface area (Å²) in [5.74, 6) is 0.0786. The van der Waals surface area contributed by atoms with Crippen LogP contribution in [0.15, 0.2) is 11.6 Å². The smallest absolute Gasteiger partial charge is 0.246 e. The van der Waals surface area contributed by atoms with Gasteiger partial charge in [0.05, 0.1) is 0 Å². The summed E-state index contributed by atoms with van der Waals surface area (Å²) in [5.41, 5.74) is 0.830. The molecule has 0 aromatic carbocycles. The van der Waals surface area contributed by atoms with Gasteiger partial charge in [0, 0.05) is 18.2 Å². The zero-order valence-electron chi connectivity index (χ0n) is 9.81. The van der Waals surface area contributed by atoms with E-state index in [0.29, 0.717) is 6.04 Å². The predicted molar refractivity (Wildman–Crippen MR) is 62.7 cm³/mol. The molecule has 15 heavy (non-hydrogen) atoms. The van der Waals surface area contributed by atoms with Crippen LogP contribution < -0.4 is 10.6 Å². The molecule has 1 saturated heterocycles. The summed E-state index contributed by atoms with van der Waals surface area (Å²) in [7, 11) is 0. The van der Waals surface area contributed by atoms with Crippen LogP contribution >= 0.6 is 0 Å². The van der Waals surface area contributed by atoms with Crippen molar-refractivity contribution in [1.82, 2.24) is 10.6 Å². The number of allylic oxidation sites excluding steroid dienone is 1. The van der Waals surface area contributed by atoms with Gasteiger partial charge >= 0.3 is 0 Å². The lowest BCUT2D eigenvalue weighted by Gasteiger charge is -2.10. The van der Waals surface area contributed by atoms with Crippen molar-refractivity contribution in [3.63, 3.8) is 0 Å². The third kappa shape index (κ3) is 4.47. The van der Waals surface area contributed by atoms with Crippen molar-refractivity contribution < 1.29 is 4.79 Å². The van der Waals surface area contributed by atoms with Gasteiger partial charge in [-0.25, -0.2) is 0 Å². The predicted octanol–water partition coefficient (Wildman–Crippen LogP) is 1.60. The maximum Gasteiger partial charge on any atom is 0.246 e. The Balaban J connectivity index is 2.13. The van der Waals surface area contributed by atoms with E-state index >= 15 is 0 Å². The van der Waals surface area contributed by atoms with Crippen molar-refractivity contribution in [2.75, 3.05) is 13.1 Å². The molecule has 0 saturated carbocycles.